The molecule has 1 aromatic rings. The summed E-state index contributed by atoms with van der Waals surface area (Å²) in [5, 5.41) is 10.9. The number of hydrogen-bond donors (Lipinski definition) is 1. The third kappa shape index (κ3) is 4.44. The van der Waals surface area contributed by atoms with Gasteiger partial charge in [0.25, 0.3) is 0 Å². The van der Waals surface area contributed by atoms with Gasteiger partial charge in [0.2, 0.25) is 5.79 Å². The molecule has 0 amide bonds. The lowest BCUT2D eigenvalue weighted by Gasteiger charge is -2.60. The van der Waals surface area contributed by atoms with Crippen LogP contribution in [-0.2, 0) is 38.0 Å². The Morgan fingerprint density at radius 2 is 1.61 bits per heavy atom. The van der Waals surface area contributed by atoms with Crippen molar-refractivity contribution < 1.29 is 50.7 Å². The molecule has 8 atom stereocenters. The Kier molecular flexibility index (Phi) is 6.43. The van der Waals surface area contributed by atoms with Gasteiger partial charge in [-0.05, 0) is 81.0 Å². The van der Waals surface area contributed by atoms with Gasteiger partial charge in [0.1, 0.15) is 0 Å². The zero-order chi connectivity index (χ0) is 26.1. The van der Waals surface area contributed by atoms with E-state index in [1.165, 1.54) is 0 Å². The average molecular weight is 524 g/mol. The quantitative estimate of drug-likeness (QED) is 0.374. The molecule has 202 valence electrons. The van der Waals surface area contributed by atoms with Gasteiger partial charge < -0.3 is 14.6 Å². The van der Waals surface area contributed by atoms with E-state index < -0.39 is 53.4 Å². The van der Waals surface area contributed by atoms with Gasteiger partial charge in [-0.1, -0.05) is 6.92 Å². The zero-order valence-corrected chi connectivity index (χ0v) is 20.0. The molecule has 4 heterocycles. The molecule has 1 saturated carbocycles. The van der Waals surface area contributed by atoms with Gasteiger partial charge in [-0.15, -0.1) is 0 Å². The second kappa shape index (κ2) is 8.83. The first-order valence-electron chi connectivity index (χ1n) is 12.4. The lowest BCUT2D eigenvalue weighted by atomic mass is 9.57. The van der Waals surface area contributed by atoms with Crippen molar-refractivity contribution in [1.29, 1.82) is 0 Å². The highest BCUT2D eigenvalue weighted by Gasteiger charge is 2.69. The van der Waals surface area contributed by atoms with Gasteiger partial charge in [-0.3, -0.25) is 0 Å². The standard InChI is InChI=1S/C25H30F6O5/c1-13-6-7-19-17(20(32)33-21-23(19)18(13)8-9-22(2,34-21)35-36-23)5-3-4-14-10-15(24(26,27)28)12-16(11-14)25(29,30)31/h10-13,17-21,32H,3-9H2,1-2H3/t13-,17-,18+,19+,20?,21-,22-,23-/m1/s1. The average Bonchev–Trinajstić information content (AvgIpc) is 3.01. The van der Waals surface area contributed by atoms with Crippen molar-refractivity contribution in [2.24, 2.45) is 23.7 Å². The molecule has 1 unspecified atom stereocenters. The van der Waals surface area contributed by atoms with Crippen LogP contribution in [0.15, 0.2) is 18.2 Å². The van der Waals surface area contributed by atoms with E-state index in [2.05, 4.69) is 6.92 Å². The van der Waals surface area contributed by atoms with Crippen LogP contribution in [0.3, 0.4) is 0 Å². The molecule has 1 spiro atoms. The molecule has 4 aliphatic heterocycles. The van der Waals surface area contributed by atoms with Gasteiger partial charge in [-0.2, -0.15) is 26.3 Å². The van der Waals surface area contributed by atoms with E-state index in [9.17, 15) is 31.4 Å². The van der Waals surface area contributed by atoms with E-state index in [0.717, 1.165) is 25.0 Å². The van der Waals surface area contributed by atoms with Crippen LogP contribution < -0.4 is 0 Å². The number of rotatable bonds is 4. The molecule has 0 aromatic heterocycles. The van der Waals surface area contributed by atoms with E-state index in [0.29, 0.717) is 25.2 Å². The molecule has 1 aliphatic carbocycles. The SMILES string of the molecule is C[C@@H]1CC[C@H]2[C@@H](CCCc3cc(C(F)(F)F)cc(C(F)(F)F)c3)C(O)O[C@@H]3O[C@@]4(C)CC[C@@H]1[C@]32OO4. The lowest BCUT2D eigenvalue weighted by molar-refractivity contribution is -0.577. The maximum Gasteiger partial charge on any atom is 0.416 e. The summed E-state index contributed by atoms with van der Waals surface area (Å²) in [7, 11) is 0. The summed E-state index contributed by atoms with van der Waals surface area (Å²) in [6.45, 7) is 3.91. The van der Waals surface area contributed by atoms with Crippen molar-refractivity contribution in [2.45, 2.75) is 95.1 Å². The van der Waals surface area contributed by atoms with Crippen LogP contribution >= 0.6 is 0 Å². The maximum absolute atomic E-state index is 13.2. The van der Waals surface area contributed by atoms with Crippen molar-refractivity contribution in [3.63, 3.8) is 0 Å². The van der Waals surface area contributed by atoms with Crippen molar-refractivity contribution in [3.05, 3.63) is 34.9 Å². The predicted octanol–water partition coefficient (Wildman–Crippen LogP) is 6.23. The van der Waals surface area contributed by atoms with Crippen LogP contribution in [0.1, 0.15) is 69.1 Å². The molecule has 2 bridgehead atoms. The molecular formula is C25H30F6O5. The van der Waals surface area contributed by atoms with Crippen LogP contribution in [0.5, 0.6) is 0 Å². The van der Waals surface area contributed by atoms with E-state index in [1.54, 1.807) is 6.92 Å². The minimum Gasteiger partial charge on any atom is -0.368 e. The van der Waals surface area contributed by atoms with Crippen molar-refractivity contribution >= 4 is 0 Å². The Hall–Kier alpha value is -1.40. The fourth-order valence-electron chi connectivity index (χ4n) is 6.79. The predicted molar refractivity (Wildman–Crippen MR) is 113 cm³/mol. The van der Waals surface area contributed by atoms with Gasteiger partial charge >= 0.3 is 12.4 Å². The monoisotopic (exact) mass is 524 g/mol. The van der Waals surface area contributed by atoms with Crippen molar-refractivity contribution in [3.8, 4) is 0 Å². The van der Waals surface area contributed by atoms with Gasteiger partial charge in [-0.25, -0.2) is 9.78 Å². The topological polar surface area (TPSA) is 57.2 Å². The molecule has 6 rings (SSSR count). The zero-order valence-electron chi connectivity index (χ0n) is 20.0. The molecule has 0 radical (unpaired) electrons. The highest BCUT2D eigenvalue weighted by Crippen LogP contribution is 2.61. The Labute approximate surface area is 205 Å². The summed E-state index contributed by atoms with van der Waals surface area (Å²) in [6.07, 6.45) is -8.20. The molecule has 5 aliphatic rings. The maximum atomic E-state index is 13.2. The number of aryl methyl sites for hydroxylation is 1. The minimum atomic E-state index is -4.89. The Morgan fingerprint density at radius 1 is 0.944 bits per heavy atom. The van der Waals surface area contributed by atoms with Gasteiger partial charge in [0.05, 0.1) is 11.1 Å². The fourth-order valence-corrected chi connectivity index (χ4v) is 6.79. The van der Waals surface area contributed by atoms with Crippen LogP contribution in [0, 0.1) is 23.7 Å². The summed E-state index contributed by atoms with van der Waals surface area (Å²) in [6, 6.07) is 1.65. The molecule has 1 aromatic carbocycles. The summed E-state index contributed by atoms with van der Waals surface area (Å²) in [5.74, 6) is -1.23. The minimum absolute atomic E-state index is 0.00880. The number of fused-ring (bicyclic) bond motifs is 2. The normalized spacial score (nSPS) is 40.6. The number of aliphatic hydroxyl groups is 1. The van der Waals surface area contributed by atoms with E-state index in [-0.39, 0.29) is 36.3 Å². The smallest absolute Gasteiger partial charge is 0.368 e. The first kappa shape index (κ1) is 26.2. The third-order valence-corrected chi connectivity index (χ3v) is 8.57. The van der Waals surface area contributed by atoms with Crippen LogP contribution in [-0.4, -0.2) is 29.1 Å². The number of halogens is 6. The van der Waals surface area contributed by atoms with Crippen LogP contribution in [0.25, 0.3) is 0 Å². The number of benzene rings is 1. The van der Waals surface area contributed by atoms with Crippen LogP contribution in [0.4, 0.5) is 26.3 Å². The highest BCUT2D eigenvalue weighted by atomic mass is 19.4. The fraction of sp³-hybridized carbons (Fsp3) is 0.760. The molecule has 5 fully saturated rings. The molecule has 11 heteroatoms. The van der Waals surface area contributed by atoms with Crippen molar-refractivity contribution in [2.75, 3.05) is 0 Å². The Morgan fingerprint density at radius 3 is 2.25 bits per heavy atom. The lowest BCUT2D eigenvalue weighted by Crippen LogP contribution is -2.70. The van der Waals surface area contributed by atoms with Crippen LogP contribution in [0.2, 0.25) is 0 Å². The Bertz CT molecular complexity index is 950. The Balaban J connectivity index is 1.36. The summed E-state index contributed by atoms with van der Waals surface area (Å²) < 4.78 is 91.4. The second-order valence-corrected chi connectivity index (χ2v) is 10.9. The van der Waals surface area contributed by atoms with E-state index in [1.807, 2.05) is 0 Å². The second-order valence-electron chi connectivity index (χ2n) is 10.9. The van der Waals surface area contributed by atoms with E-state index in [4.69, 9.17) is 19.2 Å². The highest BCUT2D eigenvalue weighted by molar-refractivity contribution is 5.33. The van der Waals surface area contributed by atoms with E-state index >= 15 is 0 Å². The number of alkyl halides is 6. The largest absolute Gasteiger partial charge is 0.416 e. The summed E-state index contributed by atoms with van der Waals surface area (Å²) >= 11 is 0. The number of aliphatic hydroxyl groups excluding tert-OH is 1. The number of hydrogen-bond acceptors (Lipinski definition) is 5. The molecule has 4 saturated heterocycles. The van der Waals surface area contributed by atoms with Gasteiger partial charge in [0, 0.05) is 18.3 Å². The third-order valence-electron chi connectivity index (χ3n) is 8.57. The first-order valence-corrected chi connectivity index (χ1v) is 12.4. The van der Waals surface area contributed by atoms with Gasteiger partial charge in [0.15, 0.2) is 18.2 Å². The first-order chi connectivity index (χ1) is 16.7. The molecular weight excluding hydrogens is 494 g/mol. The number of ether oxygens (including phenoxy) is 2. The molecule has 36 heavy (non-hydrogen) atoms. The molecule has 5 nitrogen and oxygen atoms in total. The molecule has 1 N–H and O–H groups in total. The summed E-state index contributed by atoms with van der Waals surface area (Å²) in [4.78, 5) is 11.8. The van der Waals surface area contributed by atoms with Crippen molar-refractivity contribution in [1.82, 2.24) is 0 Å². The summed E-state index contributed by atoms with van der Waals surface area (Å²) in [5.41, 5.74) is -3.63.